The van der Waals surface area contributed by atoms with Gasteiger partial charge in [0.15, 0.2) is 0 Å². The molecule has 0 N–H and O–H groups in total. The highest BCUT2D eigenvalue weighted by Gasteiger charge is 2.12. The van der Waals surface area contributed by atoms with Gasteiger partial charge in [-0.1, -0.05) is 18.2 Å². The molecule has 0 fully saturated rings. The predicted molar refractivity (Wildman–Crippen MR) is 85.2 cm³/mol. The number of hydrogen-bond acceptors (Lipinski definition) is 3. The maximum atomic E-state index is 12.7. The van der Waals surface area contributed by atoms with Gasteiger partial charge in [0.2, 0.25) is 0 Å². The van der Waals surface area contributed by atoms with E-state index in [2.05, 4.69) is 0 Å². The van der Waals surface area contributed by atoms with Crippen molar-refractivity contribution in [2.24, 2.45) is 0 Å². The van der Waals surface area contributed by atoms with Crippen molar-refractivity contribution in [2.45, 2.75) is 26.8 Å². The molecule has 0 saturated heterocycles. The Morgan fingerprint density at radius 1 is 1.23 bits per heavy atom. The highest BCUT2D eigenvalue weighted by Crippen LogP contribution is 2.20. The quantitative estimate of drug-likeness (QED) is 0.695. The third-order valence-electron chi connectivity index (χ3n) is 3.71. The van der Waals surface area contributed by atoms with E-state index in [0.717, 1.165) is 22.0 Å². The van der Waals surface area contributed by atoms with E-state index in [1.807, 2.05) is 43.5 Å². The predicted octanol–water partition coefficient (Wildman–Crippen LogP) is 2.52. The van der Waals surface area contributed by atoms with E-state index in [1.165, 1.54) is 0 Å². The fourth-order valence-electron chi connectivity index (χ4n) is 2.77. The summed E-state index contributed by atoms with van der Waals surface area (Å²) in [6.45, 7) is 4.40. The number of hydrogen-bond donors (Lipinski definition) is 0. The largest absolute Gasteiger partial charge is 0.466 e. The van der Waals surface area contributed by atoms with Gasteiger partial charge in [0.25, 0.3) is 0 Å². The molecule has 0 amide bonds. The lowest BCUT2D eigenvalue weighted by atomic mass is 10.2. The van der Waals surface area contributed by atoms with Crippen LogP contribution in [0.25, 0.3) is 16.4 Å². The number of esters is 1. The monoisotopic (exact) mass is 298 g/mol. The number of benzene rings is 1. The first-order valence-electron chi connectivity index (χ1n) is 7.37. The fraction of sp³-hybridized carbons (Fsp3) is 0.294. The maximum Gasteiger partial charge on any atom is 0.333 e. The Kier molecular flexibility index (Phi) is 3.71. The van der Waals surface area contributed by atoms with Gasteiger partial charge in [0, 0.05) is 18.1 Å². The molecule has 5 heteroatoms. The van der Waals surface area contributed by atoms with E-state index in [-0.39, 0.29) is 18.1 Å². The molecule has 0 radical (unpaired) electrons. The van der Waals surface area contributed by atoms with Crippen molar-refractivity contribution >= 4 is 22.4 Å². The van der Waals surface area contributed by atoms with Crippen LogP contribution in [0.2, 0.25) is 0 Å². The second kappa shape index (κ2) is 5.67. The van der Waals surface area contributed by atoms with Crippen LogP contribution in [0.1, 0.15) is 18.9 Å². The summed E-state index contributed by atoms with van der Waals surface area (Å²) in [5.74, 6) is -0.290. The van der Waals surface area contributed by atoms with Crippen molar-refractivity contribution < 1.29 is 9.53 Å². The first kappa shape index (κ1) is 14.4. The van der Waals surface area contributed by atoms with Gasteiger partial charge >= 0.3 is 11.7 Å². The smallest absolute Gasteiger partial charge is 0.333 e. The van der Waals surface area contributed by atoms with Crippen LogP contribution in [0.3, 0.4) is 0 Å². The molecular weight excluding hydrogens is 280 g/mol. The molecular formula is C17H18N2O3. The molecule has 0 aliphatic heterocycles. The van der Waals surface area contributed by atoms with Gasteiger partial charge in [-0.3, -0.25) is 13.8 Å². The van der Waals surface area contributed by atoms with E-state index >= 15 is 0 Å². The van der Waals surface area contributed by atoms with Crippen molar-refractivity contribution in [3.05, 3.63) is 52.6 Å². The number of para-hydroxylation sites is 1. The Morgan fingerprint density at radius 2 is 2.00 bits per heavy atom. The Morgan fingerprint density at radius 3 is 2.77 bits per heavy atom. The molecule has 0 saturated carbocycles. The van der Waals surface area contributed by atoms with Crippen molar-refractivity contribution in [3.63, 3.8) is 0 Å². The van der Waals surface area contributed by atoms with Crippen molar-refractivity contribution in [3.8, 4) is 0 Å². The summed E-state index contributed by atoms with van der Waals surface area (Å²) in [4.78, 5) is 24.3. The van der Waals surface area contributed by atoms with Gasteiger partial charge in [-0.2, -0.15) is 0 Å². The highest BCUT2D eigenvalue weighted by molar-refractivity contribution is 5.94. The Labute approximate surface area is 127 Å². The average molecular weight is 298 g/mol. The first-order chi connectivity index (χ1) is 10.6. The van der Waals surface area contributed by atoms with Crippen LogP contribution < -0.4 is 5.69 Å². The first-order valence-corrected chi connectivity index (χ1v) is 7.37. The number of fused-ring (bicyclic) bond motifs is 3. The molecule has 0 aliphatic rings. The summed E-state index contributed by atoms with van der Waals surface area (Å²) in [6, 6.07) is 9.74. The summed E-state index contributed by atoms with van der Waals surface area (Å²) < 4.78 is 8.23. The zero-order valence-electron chi connectivity index (χ0n) is 12.7. The highest BCUT2D eigenvalue weighted by atomic mass is 16.5. The molecule has 2 heterocycles. The van der Waals surface area contributed by atoms with E-state index in [1.54, 1.807) is 15.9 Å². The molecule has 1 aromatic carbocycles. The van der Waals surface area contributed by atoms with E-state index < -0.39 is 0 Å². The Hall–Kier alpha value is -2.56. The lowest BCUT2D eigenvalue weighted by Gasteiger charge is -2.11. The van der Waals surface area contributed by atoms with Gasteiger partial charge in [-0.25, -0.2) is 4.79 Å². The van der Waals surface area contributed by atoms with Crippen LogP contribution in [0, 0.1) is 6.92 Å². The molecule has 2 aromatic heterocycles. The van der Waals surface area contributed by atoms with Crippen LogP contribution in [0.4, 0.5) is 0 Å². The third-order valence-corrected chi connectivity index (χ3v) is 3.71. The molecule has 3 rings (SSSR count). The van der Waals surface area contributed by atoms with Crippen LogP contribution >= 0.6 is 0 Å². The summed E-state index contributed by atoms with van der Waals surface area (Å²) in [5, 5.41) is 0.999. The van der Waals surface area contributed by atoms with Gasteiger partial charge in [-0.15, -0.1) is 0 Å². The van der Waals surface area contributed by atoms with Crippen LogP contribution in [0.5, 0.6) is 0 Å². The average Bonchev–Trinajstić information content (AvgIpc) is 2.90. The summed E-state index contributed by atoms with van der Waals surface area (Å²) >= 11 is 0. The lowest BCUT2D eigenvalue weighted by molar-refractivity contribution is -0.143. The Balaban J connectivity index is 2.16. The molecule has 22 heavy (non-hydrogen) atoms. The number of ether oxygens (including phenoxy) is 1. The maximum absolute atomic E-state index is 12.7. The summed E-state index contributed by atoms with van der Waals surface area (Å²) in [6.07, 6.45) is 2.01. The normalized spacial score (nSPS) is 11.2. The SMILES string of the molecule is CCOC(=O)CCn1c(=O)n2cc(C)cc2c2ccccc21. The van der Waals surface area contributed by atoms with Crippen LogP contribution in [0.15, 0.2) is 41.3 Å². The van der Waals surface area contributed by atoms with Gasteiger partial charge in [0.1, 0.15) is 0 Å². The number of aryl methyl sites for hydroxylation is 2. The minimum atomic E-state index is -0.290. The number of carbonyl (C=O) groups excluding carboxylic acids is 1. The number of carbonyl (C=O) groups is 1. The molecule has 3 aromatic rings. The standard InChI is InChI=1S/C17H18N2O3/c1-3-22-16(20)8-9-18-14-7-5-4-6-13(14)15-10-12(2)11-19(15)17(18)21/h4-7,10-11H,3,8-9H2,1-2H3. The molecule has 0 spiro atoms. The van der Waals surface area contributed by atoms with E-state index in [0.29, 0.717) is 13.2 Å². The second-order valence-electron chi connectivity index (χ2n) is 5.28. The second-order valence-corrected chi connectivity index (χ2v) is 5.28. The van der Waals surface area contributed by atoms with E-state index in [4.69, 9.17) is 4.74 Å². The Bertz CT molecular complexity index is 905. The molecule has 0 atom stereocenters. The minimum absolute atomic E-state index is 0.133. The fourth-order valence-corrected chi connectivity index (χ4v) is 2.77. The van der Waals surface area contributed by atoms with Gasteiger partial charge < -0.3 is 4.74 Å². The molecule has 114 valence electrons. The number of aromatic nitrogens is 2. The van der Waals surface area contributed by atoms with Crippen LogP contribution in [-0.4, -0.2) is 21.5 Å². The zero-order valence-corrected chi connectivity index (χ0v) is 12.7. The van der Waals surface area contributed by atoms with Crippen molar-refractivity contribution in [1.82, 2.24) is 8.97 Å². The molecule has 0 bridgehead atoms. The zero-order chi connectivity index (χ0) is 15.7. The van der Waals surface area contributed by atoms with E-state index in [9.17, 15) is 9.59 Å². The van der Waals surface area contributed by atoms with Crippen molar-refractivity contribution in [1.29, 1.82) is 0 Å². The molecule has 0 aliphatic carbocycles. The summed E-state index contributed by atoms with van der Waals surface area (Å²) in [5.41, 5.74) is 2.63. The third kappa shape index (κ3) is 2.39. The number of rotatable bonds is 4. The molecule has 5 nitrogen and oxygen atoms in total. The lowest BCUT2D eigenvalue weighted by Crippen LogP contribution is -2.27. The summed E-state index contributed by atoms with van der Waals surface area (Å²) in [7, 11) is 0. The minimum Gasteiger partial charge on any atom is -0.466 e. The van der Waals surface area contributed by atoms with Crippen LogP contribution in [-0.2, 0) is 16.1 Å². The number of nitrogens with zero attached hydrogens (tertiary/aromatic N) is 2. The van der Waals surface area contributed by atoms with Gasteiger partial charge in [-0.05, 0) is 31.5 Å². The van der Waals surface area contributed by atoms with Crippen molar-refractivity contribution in [2.75, 3.05) is 6.61 Å². The molecule has 0 unspecified atom stereocenters. The topological polar surface area (TPSA) is 52.7 Å². The van der Waals surface area contributed by atoms with Gasteiger partial charge in [0.05, 0.1) is 24.1 Å².